The molecule has 0 N–H and O–H groups in total. The van der Waals surface area contributed by atoms with Gasteiger partial charge in [-0.05, 0) is 39.5 Å². The van der Waals surface area contributed by atoms with Gasteiger partial charge in [0.25, 0.3) is 0 Å². The minimum absolute atomic E-state index is 0.0309. The van der Waals surface area contributed by atoms with Crippen molar-refractivity contribution in [2.45, 2.75) is 4.90 Å². The summed E-state index contributed by atoms with van der Waals surface area (Å²) < 4.78 is 12.8. The molecule has 0 aliphatic heterocycles. The van der Waals surface area contributed by atoms with E-state index >= 15 is 0 Å². The third kappa shape index (κ3) is 3.12. The number of halogens is 1. The number of hydrogen-bond donors (Lipinski definition) is 0. The number of carbonyl (C=O) groups is 1. The second-order valence-corrected chi connectivity index (χ2v) is 6.54. The predicted molar refractivity (Wildman–Crippen MR) is 74.1 cm³/mol. The maximum absolute atomic E-state index is 12.0. The first-order valence-electron chi connectivity index (χ1n) is 4.88. The van der Waals surface area contributed by atoms with Gasteiger partial charge in [0, 0.05) is 4.47 Å². The number of benzene rings is 1. The SMILES string of the molecule is O=C(CS(=O)c1ccccc1Br)c1cccs1. The highest BCUT2D eigenvalue weighted by Crippen LogP contribution is 2.20. The lowest BCUT2D eigenvalue weighted by Gasteiger charge is -2.03. The molecule has 1 atom stereocenters. The standard InChI is InChI=1S/C12H9BrO2S2/c13-9-4-1-2-6-12(9)17(15)8-10(14)11-5-3-7-16-11/h1-7H,8H2. The molecule has 1 aromatic heterocycles. The van der Waals surface area contributed by atoms with Crippen molar-refractivity contribution >= 4 is 43.8 Å². The van der Waals surface area contributed by atoms with Gasteiger partial charge in [-0.15, -0.1) is 11.3 Å². The fourth-order valence-electron chi connectivity index (χ4n) is 1.33. The smallest absolute Gasteiger partial charge is 0.185 e. The second-order valence-electron chi connectivity index (χ2n) is 3.32. The average Bonchev–Trinajstić information content (AvgIpc) is 2.82. The largest absolute Gasteiger partial charge is 0.292 e. The minimum atomic E-state index is -1.30. The van der Waals surface area contributed by atoms with Crippen LogP contribution in [0.1, 0.15) is 9.67 Å². The molecule has 1 heterocycles. The molecule has 0 aliphatic carbocycles. The topological polar surface area (TPSA) is 34.1 Å². The molecule has 0 fully saturated rings. The Morgan fingerprint density at radius 1 is 1.24 bits per heavy atom. The van der Waals surface area contributed by atoms with Crippen molar-refractivity contribution in [1.82, 2.24) is 0 Å². The Bertz CT molecular complexity index is 549. The average molecular weight is 329 g/mol. The van der Waals surface area contributed by atoms with Crippen LogP contribution in [-0.4, -0.2) is 15.7 Å². The minimum Gasteiger partial charge on any atom is -0.292 e. The maximum Gasteiger partial charge on any atom is 0.185 e. The lowest BCUT2D eigenvalue weighted by atomic mass is 10.3. The summed E-state index contributed by atoms with van der Waals surface area (Å²) in [6.45, 7) is 0. The highest BCUT2D eigenvalue weighted by molar-refractivity contribution is 9.10. The van der Waals surface area contributed by atoms with Gasteiger partial charge < -0.3 is 0 Å². The van der Waals surface area contributed by atoms with Crippen LogP contribution in [0.5, 0.6) is 0 Å². The van der Waals surface area contributed by atoms with Gasteiger partial charge >= 0.3 is 0 Å². The summed E-state index contributed by atoms with van der Waals surface area (Å²) >= 11 is 4.71. The molecule has 2 rings (SSSR count). The van der Waals surface area contributed by atoms with Gasteiger partial charge in [0.05, 0.1) is 26.3 Å². The Morgan fingerprint density at radius 2 is 2.00 bits per heavy atom. The molecule has 0 bridgehead atoms. The molecule has 88 valence electrons. The van der Waals surface area contributed by atoms with Gasteiger partial charge in [0.1, 0.15) is 0 Å². The molecule has 17 heavy (non-hydrogen) atoms. The molecule has 0 amide bonds. The number of carbonyl (C=O) groups excluding carboxylic acids is 1. The molecule has 2 nitrogen and oxygen atoms in total. The van der Waals surface area contributed by atoms with Gasteiger partial charge in [-0.2, -0.15) is 0 Å². The molecule has 0 saturated carbocycles. The van der Waals surface area contributed by atoms with Crippen molar-refractivity contribution in [2.24, 2.45) is 0 Å². The molecule has 1 aromatic carbocycles. The van der Waals surface area contributed by atoms with Crippen LogP contribution in [0.4, 0.5) is 0 Å². The van der Waals surface area contributed by atoms with E-state index in [2.05, 4.69) is 15.9 Å². The van der Waals surface area contributed by atoms with Crippen molar-refractivity contribution in [3.8, 4) is 0 Å². The Labute approximate surface area is 114 Å². The van der Waals surface area contributed by atoms with Gasteiger partial charge in [-0.1, -0.05) is 18.2 Å². The second kappa shape index (κ2) is 5.71. The predicted octanol–water partition coefficient (Wildman–Crippen LogP) is 3.50. The van der Waals surface area contributed by atoms with Crippen molar-refractivity contribution < 1.29 is 9.00 Å². The Balaban J connectivity index is 2.13. The van der Waals surface area contributed by atoms with E-state index in [9.17, 15) is 9.00 Å². The van der Waals surface area contributed by atoms with E-state index in [4.69, 9.17) is 0 Å². The summed E-state index contributed by atoms with van der Waals surface area (Å²) in [6, 6.07) is 10.8. The van der Waals surface area contributed by atoms with Crippen LogP contribution in [0.2, 0.25) is 0 Å². The van der Waals surface area contributed by atoms with E-state index in [0.717, 1.165) is 4.47 Å². The zero-order valence-corrected chi connectivity index (χ0v) is 12.0. The molecule has 0 saturated heterocycles. The van der Waals surface area contributed by atoms with Crippen LogP contribution in [0.3, 0.4) is 0 Å². The monoisotopic (exact) mass is 328 g/mol. The van der Waals surface area contributed by atoms with E-state index in [-0.39, 0.29) is 11.5 Å². The molecule has 2 aromatic rings. The fraction of sp³-hybridized carbons (Fsp3) is 0.0833. The van der Waals surface area contributed by atoms with Crippen LogP contribution in [0.15, 0.2) is 51.1 Å². The van der Waals surface area contributed by atoms with E-state index in [1.54, 1.807) is 12.1 Å². The summed E-state index contributed by atoms with van der Waals surface area (Å²) in [5, 5.41) is 1.84. The maximum atomic E-state index is 12.0. The summed E-state index contributed by atoms with van der Waals surface area (Å²) in [5.41, 5.74) is 0. The number of rotatable bonds is 4. The first kappa shape index (κ1) is 12.7. The van der Waals surface area contributed by atoms with Crippen molar-refractivity contribution in [2.75, 3.05) is 5.75 Å². The van der Waals surface area contributed by atoms with E-state index in [1.807, 2.05) is 29.6 Å². The molecule has 0 aliphatic rings. The van der Waals surface area contributed by atoms with E-state index in [0.29, 0.717) is 9.77 Å². The first-order chi connectivity index (χ1) is 8.18. The van der Waals surface area contributed by atoms with Crippen LogP contribution in [0, 0.1) is 0 Å². The highest BCUT2D eigenvalue weighted by Gasteiger charge is 2.14. The summed E-state index contributed by atoms with van der Waals surface area (Å²) in [4.78, 5) is 13.1. The fourth-order valence-corrected chi connectivity index (χ4v) is 3.98. The van der Waals surface area contributed by atoms with Crippen molar-refractivity contribution in [1.29, 1.82) is 0 Å². The quantitative estimate of drug-likeness (QED) is 0.805. The highest BCUT2D eigenvalue weighted by atomic mass is 79.9. The molecule has 0 radical (unpaired) electrons. The van der Waals surface area contributed by atoms with E-state index < -0.39 is 10.8 Å². The van der Waals surface area contributed by atoms with Gasteiger partial charge in [0.15, 0.2) is 5.78 Å². The molecule has 1 unspecified atom stereocenters. The van der Waals surface area contributed by atoms with Crippen LogP contribution in [-0.2, 0) is 10.8 Å². The third-order valence-corrected chi connectivity index (χ3v) is 5.38. The van der Waals surface area contributed by atoms with Gasteiger partial charge in [-0.3, -0.25) is 9.00 Å². The van der Waals surface area contributed by atoms with Crippen LogP contribution < -0.4 is 0 Å². The lowest BCUT2D eigenvalue weighted by molar-refractivity contribution is 0.102. The molecular weight excluding hydrogens is 320 g/mol. The van der Waals surface area contributed by atoms with Crippen LogP contribution in [0.25, 0.3) is 0 Å². The molecular formula is C12H9BrO2S2. The van der Waals surface area contributed by atoms with E-state index in [1.165, 1.54) is 11.3 Å². The van der Waals surface area contributed by atoms with Crippen LogP contribution >= 0.6 is 27.3 Å². The summed E-state index contributed by atoms with van der Waals surface area (Å²) in [5.74, 6) is -0.0440. The summed E-state index contributed by atoms with van der Waals surface area (Å²) in [7, 11) is -1.30. The third-order valence-electron chi connectivity index (χ3n) is 2.14. The lowest BCUT2D eigenvalue weighted by Crippen LogP contribution is -2.10. The molecule has 5 heteroatoms. The van der Waals surface area contributed by atoms with Crippen molar-refractivity contribution in [3.63, 3.8) is 0 Å². The Morgan fingerprint density at radius 3 is 2.65 bits per heavy atom. The number of hydrogen-bond acceptors (Lipinski definition) is 3. The zero-order chi connectivity index (χ0) is 12.3. The number of ketones is 1. The normalized spacial score (nSPS) is 12.3. The zero-order valence-electron chi connectivity index (χ0n) is 8.76. The number of Topliss-reactive ketones (excluding diaryl/α,β-unsaturated/α-hetero) is 1. The first-order valence-corrected chi connectivity index (χ1v) is 7.87. The van der Waals surface area contributed by atoms with Crippen molar-refractivity contribution in [3.05, 3.63) is 51.1 Å². The Kier molecular flexibility index (Phi) is 4.25. The summed E-state index contributed by atoms with van der Waals surface area (Å²) in [6.07, 6.45) is 0. The number of thiophene rings is 1. The van der Waals surface area contributed by atoms with Gasteiger partial charge in [0.2, 0.25) is 0 Å². The molecule has 0 spiro atoms. The Hall–Kier alpha value is -0.780. The van der Waals surface area contributed by atoms with Gasteiger partial charge in [-0.25, -0.2) is 0 Å².